The number of ether oxygens (including phenoxy) is 1. The molecule has 3 rings (SSSR count). The van der Waals surface area contributed by atoms with Gasteiger partial charge in [0.2, 0.25) is 15.9 Å². The van der Waals surface area contributed by atoms with E-state index in [-0.39, 0.29) is 25.5 Å². The number of nitrogens with zero attached hydrogens (tertiary/aromatic N) is 1. The summed E-state index contributed by atoms with van der Waals surface area (Å²) in [6.07, 6.45) is 1.37. The Hall–Kier alpha value is -2.25. The van der Waals surface area contributed by atoms with Crippen LogP contribution >= 0.6 is 11.6 Å². The van der Waals surface area contributed by atoms with Crippen LogP contribution in [0.2, 0.25) is 5.02 Å². The number of carbonyl (C=O) groups excluding carboxylic acids is 1. The van der Waals surface area contributed by atoms with Crippen LogP contribution < -0.4 is 14.4 Å². The molecule has 2 aromatic rings. The number of amides is 1. The highest BCUT2D eigenvalue weighted by molar-refractivity contribution is 7.92. The second-order valence-electron chi connectivity index (χ2n) is 5.72. The van der Waals surface area contributed by atoms with E-state index in [1.54, 1.807) is 42.5 Å². The van der Waals surface area contributed by atoms with Crippen LogP contribution in [-0.2, 0) is 21.2 Å². The molecule has 1 aliphatic heterocycles. The lowest BCUT2D eigenvalue weighted by Gasteiger charge is -2.29. The van der Waals surface area contributed by atoms with Gasteiger partial charge in [0.1, 0.15) is 12.4 Å². The maximum Gasteiger partial charge on any atom is 0.232 e. The number of hydrogen-bond acceptors (Lipinski definition) is 4. The topological polar surface area (TPSA) is 75.7 Å². The van der Waals surface area contributed by atoms with Crippen LogP contribution in [0, 0.1) is 0 Å². The highest BCUT2D eigenvalue weighted by Crippen LogP contribution is 2.35. The van der Waals surface area contributed by atoms with E-state index in [1.807, 2.05) is 0 Å². The third kappa shape index (κ3) is 4.24. The van der Waals surface area contributed by atoms with E-state index in [9.17, 15) is 13.2 Å². The van der Waals surface area contributed by atoms with Gasteiger partial charge in [-0.1, -0.05) is 23.7 Å². The molecule has 8 heteroatoms. The smallest absolute Gasteiger partial charge is 0.232 e. The van der Waals surface area contributed by atoms with Crippen LogP contribution in [-0.4, -0.2) is 33.7 Å². The Morgan fingerprint density at radius 2 is 1.96 bits per heavy atom. The van der Waals surface area contributed by atoms with Crippen molar-refractivity contribution in [3.63, 3.8) is 0 Å². The Kier molecular flexibility index (Phi) is 4.87. The number of nitrogens with one attached hydrogen (secondary N) is 1. The molecular formula is C17H17ClN2O4S. The van der Waals surface area contributed by atoms with Gasteiger partial charge >= 0.3 is 0 Å². The van der Waals surface area contributed by atoms with Crippen LogP contribution in [0.5, 0.6) is 5.75 Å². The molecule has 1 aliphatic rings. The summed E-state index contributed by atoms with van der Waals surface area (Å²) in [7, 11) is -3.36. The number of rotatable bonds is 4. The molecule has 0 aromatic heterocycles. The van der Waals surface area contributed by atoms with Gasteiger partial charge in [0.25, 0.3) is 0 Å². The van der Waals surface area contributed by atoms with Crippen molar-refractivity contribution in [3.8, 4) is 5.75 Å². The Labute approximate surface area is 151 Å². The zero-order chi connectivity index (χ0) is 18.0. The average molecular weight is 381 g/mol. The molecule has 1 heterocycles. The minimum atomic E-state index is -3.36. The Morgan fingerprint density at radius 3 is 2.64 bits per heavy atom. The van der Waals surface area contributed by atoms with Gasteiger partial charge < -0.3 is 10.1 Å². The first-order valence-corrected chi connectivity index (χ1v) is 9.84. The highest BCUT2D eigenvalue weighted by Gasteiger charge is 2.25. The van der Waals surface area contributed by atoms with Gasteiger partial charge in [-0.15, -0.1) is 0 Å². The van der Waals surface area contributed by atoms with E-state index in [0.717, 1.165) is 11.8 Å². The Morgan fingerprint density at radius 1 is 1.24 bits per heavy atom. The van der Waals surface area contributed by atoms with Crippen molar-refractivity contribution in [2.45, 2.75) is 6.42 Å². The summed E-state index contributed by atoms with van der Waals surface area (Å²) < 4.78 is 30.5. The van der Waals surface area contributed by atoms with Gasteiger partial charge in [0, 0.05) is 16.8 Å². The normalized spacial score (nSPS) is 13.8. The molecule has 0 bridgehead atoms. The molecule has 0 saturated carbocycles. The molecule has 0 spiro atoms. The fraction of sp³-hybridized carbons (Fsp3) is 0.235. The number of halogens is 1. The molecule has 0 fully saturated rings. The van der Waals surface area contributed by atoms with Gasteiger partial charge in [-0.2, -0.15) is 0 Å². The van der Waals surface area contributed by atoms with Gasteiger partial charge in [0.05, 0.1) is 24.9 Å². The second kappa shape index (κ2) is 6.93. The molecule has 0 atom stereocenters. The van der Waals surface area contributed by atoms with Gasteiger partial charge in [-0.25, -0.2) is 8.42 Å². The number of fused-ring (bicyclic) bond motifs is 1. The maximum absolute atomic E-state index is 12.2. The zero-order valence-corrected chi connectivity index (χ0v) is 15.1. The van der Waals surface area contributed by atoms with E-state index in [4.69, 9.17) is 16.3 Å². The lowest BCUT2D eigenvalue weighted by Crippen LogP contribution is -2.37. The van der Waals surface area contributed by atoms with Crippen LogP contribution in [0.25, 0.3) is 0 Å². The summed E-state index contributed by atoms with van der Waals surface area (Å²) in [4.78, 5) is 12.2. The monoisotopic (exact) mass is 380 g/mol. The molecule has 132 valence electrons. The summed E-state index contributed by atoms with van der Waals surface area (Å²) >= 11 is 5.83. The van der Waals surface area contributed by atoms with Crippen LogP contribution in [0.15, 0.2) is 42.5 Å². The molecule has 0 saturated heterocycles. The third-order valence-electron chi connectivity index (χ3n) is 3.74. The van der Waals surface area contributed by atoms with Crippen LogP contribution in [0.3, 0.4) is 0 Å². The van der Waals surface area contributed by atoms with E-state index < -0.39 is 10.0 Å². The standard InChI is InChI=1S/C17H17ClN2O4S/c1-25(22,23)20-8-9-24-16-11-14(6-7-15(16)20)19-17(21)10-12-2-4-13(18)5-3-12/h2-7,11H,8-10H2,1H3,(H,19,21). The van der Waals surface area contributed by atoms with Crippen molar-refractivity contribution in [1.29, 1.82) is 0 Å². The number of benzene rings is 2. The fourth-order valence-electron chi connectivity index (χ4n) is 2.61. The summed E-state index contributed by atoms with van der Waals surface area (Å²) in [5, 5.41) is 3.41. The molecule has 0 aliphatic carbocycles. The van der Waals surface area contributed by atoms with Crippen molar-refractivity contribution in [2.75, 3.05) is 29.0 Å². The van der Waals surface area contributed by atoms with Crippen molar-refractivity contribution in [2.24, 2.45) is 0 Å². The lowest BCUT2D eigenvalue weighted by atomic mass is 10.1. The third-order valence-corrected chi connectivity index (χ3v) is 5.17. The average Bonchev–Trinajstić information content (AvgIpc) is 2.55. The first-order chi connectivity index (χ1) is 11.8. The van der Waals surface area contributed by atoms with Crippen LogP contribution in [0.1, 0.15) is 5.56 Å². The van der Waals surface area contributed by atoms with Gasteiger partial charge in [0.15, 0.2) is 0 Å². The first kappa shape index (κ1) is 17.6. The minimum Gasteiger partial charge on any atom is -0.489 e. The maximum atomic E-state index is 12.2. The SMILES string of the molecule is CS(=O)(=O)N1CCOc2cc(NC(=O)Cc3ccc(Cl)cc3)ccc21. The number of sulfonamides is 1. The highest BCUT2D eigenvalue weighted by atomic mass is 35.5. The summed E-state index contributed by atoms with van der Waals surface area (Å²) in [5.74, 6) is 0.249. The number of hydrogen-bond donors (Lipinski definition) is 1. The van der Waals surface area contributed by atoms with E-state index in [0.29, 0.717) is 22.1 Å². The fourth-order valence-corrected chi connectivity index (χ4v) is 3.65. The van der Waals surface area contributed by atoms with Gasteiger partial charge in [-0.3, -0.25) is 9.10 Å². The molecule has 1 N–H and O–H groups in total. The summed E-state index contributed by atoms with van der Waals surface area (Å²) in [6, 6.07) is 12.0. The molecule has 0 unspecified atom stereocenters. The molecule has 25 heavy (non-hydrogen) atoms. The number of carbonyl (C=O) groups is 1. The van der Waals surface area contributed by atoms with Crippen molar-refractivity contribution in [3.05, 3.63) is 53.1 Å². The molecule has 2 aromatic carbocycles. The quantitative estimate of drug-likeness (QED) is 0.884. The van der Waals surface area contributed by atoms with Crippen LogP contribution in [0.4, 0.5) is 11.4 Å². The molecule has 6 nitrogen and oxygen atoms in total. The van der Waals surface area contributed by atoms with Crippen molar-refractivity contribution >= 4 is 38.9 Å². The van der Waals surface area contributed by atoms with E-state index >= 15 is 0 Å². The largest absolute Gasteiger partial charge is 0.489 e. The molecule has 0 radical (unpaired) electrons. The predicted molar refractivity (Wildman–Crippen MR) is 97.9 cm³/mol. The Balaban J connectivity index is 1.74. The molecule has 1 amide bonds. The van der Waals surface area contributed by atoms with Gasteiger partial charge in [-0.05, 0) is 29.8 Å². The summed E-state index contributed by atoms with van der Waals surface area (Å²) in [6.45, 7) is 0.538. The zero-order valence-electron chi connectivity index (χ0n) is 13.5. The van der Waals surface area contributed by atoms with E-state index in [2.05, 4.69) is 5.32 Å². The van der Waals surface area contributed by atoms with Crippen molar-refractivity contribution < 1.29 is 17.9 Å². The Bertz CT molecular complexity index is 897. The van der Waals surface area contributed by atoms with Crippen molar-refractivity contribution in [1.82, 2.24) is 0 Å². The second-order valence-corrected chi connectivity index (χ2v) is 8.06. The summed E-state index contributed by atoms with van der Waals surface area (Å²) in [5.41, 5.74) is 1.87. The lowest BCUT2D eigenvalue weighted by molar-refractivity contribution is -0.115. The first-order valence-electron chi connectivity index (χ1n) is 7.62. The molecular weight excluding hydrogens is 364 g/mol. The minimum absolute atomic E-state index is 0.182. The predicted octanol–water partition coefficient (Wildman–Crippen LogP) is 2.68. The van der Waals surface area contributed by atoms with E-state index in [1.165, 1.54) is 4.31 Å². The number of anilines is 2.